The molecule has 0 aliphatic heterocycles. The second kappa shape index (κ2) is 4.38. The zero-order chi connectivity index (χ0) is 11.9. The Morgan fingerprint density at radius 3 is 2.06 bits per heavy atom. The maximum absolute atomic E-state index is 3.78. The lowest BCUT2D eigenvalue weighted by Gasteiger charge is -2.22. The van der Waals surface area contributed by atoms with Gasteiger partial charge in [0.05, 0.1) is 0 Å². The van der Waals surface area contributed by atoms with Gasteiger partial charge in [0.15, 0.2) is 0 Å². The largest absolute Gasteiger partial charge is 0.314 e. The van der Waals surface area contributed by atoms with E-state index in [9.17, 15) is 0 Å². The van der Waals surface area contributed by atoms with Gasteiger partial charge in [-0.25, -0.2) is 0 Å². The molecule has 96 valence electrons. The summed E-state index contributed by atoms with van der Waals surface area (Å²) in [6, 6.07) is 10.0. The molecule has 0 aromatic heterocycles. The lowest BCUT2D eigenvalue weighted by Crippen LogP contribution is -2.30. The Bertz CT molecular complexity index is 402. The minimum absolute atomic E-state index is 0.870. The quantitative estimate of drug-likeness (QED) is 0.857. The minimum atomic E-state index is 0.870. The van der Waals surface area contributed by atoms with E-state index in [-0.39, 0.29) is 0 Å². The topological polar surface area (TPSA) is 12.0 Å². The molecule has 1 aromatic rings. The van der Waals surface area contributed by atoms with Crippen molar-refractivity contribution in [2.24, 2.45) is 17.8 Å². The fourth-order valence-electron chi connectivity index (χ4n) is 4.19. The maximum Gasteiger partial charge on any atom is 0.00683 e. The predicted molar refractivity (Wildman–Crippen MR) is 74.6 cm³/mol. The molecule has 0 amide bonds. The highest BCUT2D eigenvalue weighted by Gasteiger charge is 2.39. The van der Waals surface area contributed by atoms with E-state index in [2.05, 4.69) is 29.6 Å². The number of fused-ring (bicyclic) bond motifs is 3. The molecule has 1 aromatic carbocycles. The Morgan fingerprint density at radius 1 is 0.889 bits per heavy atom. The van der Waals surface area contributed by atoms with Gasteiger partial charge >= 0.3 is 0 Å². The zero-order valence-electron chi connectivity index (χ0n) is 11.1. The molecule has 0 heterocycles. The molecular weight excluding hydrogens is 218 g/mol. The molecule has 3 aliphatic carbocycles. The van der Waals surface area contributed by atoms with Gasteiger partial charge in [0.1, 0.15) is 0 Å². The van der Waals surface area contributed by atoms with Crippen LogP contribution in [0.4, 0.5) is 0 Å². The minimum Gasteiger partial charge on any atom is -0.314 e. The second-order valence-corrected chi connectivity index (χ2v) is 6.62. The lowest BCUT2D eigenvalue weighted by molar-refractivity contribution is 0.303. The van der Waals surface area contributed by atoms with Crippen molar-refractivity contribution in [2.75, 3.05) is 6.54 Å². The average Bonchev–Trinajstić information content (AvgIpc) is 3.13. The van der Waals surface area contributed by atoms with E-state index >= 15 is 0 Å². The van der Waals surface area contributed by atoms with E-state index in [0.717, 1.165) is 23.8 Å². The van der Waals surface area contributed by atoms with Crippen LogP contribution < -0.4 is 5.32 Å². The van der Waals surface area contributed by atoms with Crippen molar-refractivity contribution in [3.63, 3.8) is 0 Å². The van der Waals surface area contributed by atoms with Gasteiger partial charge in [0, 0.05) is 6.04 Å². The van der Waals surface area contributed by atoms with Crippen LogP contribution in [0.15, 0.2) is 24.3 Å². The third-order valence-corrected chi connectivity index (χ3v) is 5.42. The Labute approximate surface area is 110 Å². The molecule has 2 unspecified atom stereocenters. The fraction of sp³-hybridized carbons (Fsp3) is 0.647. The van der Waals surface area contributed by atoms with Crippen LogP contribution in [0.25, 0.3) is 0 Å². The number of rotatable bonds is 3. The molecule has 2 fully saturated rings. The summed E-state index contributed by atoms with van der Waals surface area (Å²) in [5, 5.41) is 3.78. The van der Waals surface area contributed by atoms with Crippen LogP contribution in [0.2, 0.25) is 0 Å². The van der Waals surface area contributed by atoms with Gasteiger partial charge in [-0.3, -0.25) is 0 Å². The van der Waals surface area contributed by atoms with Crippen LogP contribution in [-0.4, -0.2) is 12.6 Å². The second-order valence-electron chi connectivity index (χ2n) is 6.62. The first-order valence-electron chi connectivity index (χ1n) is 7.70. The zero-order valence-corrected chi connectivity index (χ0v) is 11.1. The Balaban J connectivity index is 1.54. The Morgan fingerprint density at radius 2 is 1.50 bits per heavy atom. The van der Waals surface area contributed by atoms with Crippen LogP contribution in [0.5, 0.6) is 0 Å². The average molecular weight is 241 g/mol. The highest BCUT2D eigenvalue weighted by Crippen LogP contribution is 2.44. The number of hydrogen-bond donors (Lipinski definition) is 1. The molecule has 0 spiro atoms. The molecule has 4 rings (SSSR count). The molecule has 18 heavy (non-hydrogen) atoms. The lowest BCUT2D eigenvalue weighted by atomic mass is 9.87. The van der Waals surface area contributed by atoms with Crippen molar-refractivity contribution >= 4 is 0 Å². The van der Waals surface area contributed by atoms with Gasteiger partial charge in [0.2, 0.25) is 0 Å². The molecule has 2 saturated carbocycles. The highest BCUT2D eigenvalue weighted by atomic mass is 14.9. The maximum atomic E-state index is 3.78. The SMILES string of the molecule is c1ccc2c(c1)CC1CCC(C2)C1CNC1CC1. The van der Waals surface area contributed by atoms with Crippen molar-refractivity contribution < 1.29 is 0 Å². The van der Waals surface area contributed by atoms with E-state index in [4.69, 9.17) is 0 Å². The van der Waals surface area contributed by atoms with E-state index in [1.165, 1.54) is 45.1 Å². The number of benzene rings is 1. The normalized spacial score (nSPS) is 34.1. The van der Waals surface area contributed by atoms with Crippen molar-refractivity contribution in [2.45, 2.75) is 44.6 Å². The van der Waals surface area contributed by atoms with Gasteiger partial charge in [0.25, 0.3) is 0 Å². The van der Waals surface area contributed by atoms with Crippen LogP contribution in [0, 0.1) is 17.8 Å². The molecule has 0 radical (unpaired) electrons. The van der Waals surface area contributed by atoms with Crippen LogP contribution >= 0.6 is 0 Å². The van der Waals surface area contributed by atoms with Crippen molar-refractivity contribution in [3.05, 3.63) is 35.4 Å². The Hall–Kier alpha value is -0.820. The first-order chi connectivity index (χ1) is 8.90. The van der Waals surface area contributed by atoms with E-state index in [1.54, 1.807) is 11.1 Å². The molecule has 3 aliphatic rings. The van der Waals surface area contributed by atoms with Crippen LogP contribution in [0.1, 0.15) is 36.8 Å². The smallest absolute Gasteiger partial charge is 0.00683 e. The van der Waals surface area contributed by atoms with Crippen molar-refractivity contribution in [3.8, 4) is 0 Å². The summed E-state index contributed by atoms with van der Waals surface area (Å²) < 4.78 is 0. The standard InChI is InChI=1S/C17H23N/c1-2-4-13-10-15-6-5-14(9-12(13)3-1)17(15)11-18-16-7-8-16/h1-4,14-18H,5-11H2. The van der Waals surface area contributed by atoms with Gasteiger partial charge in [-0.15, -0.1) is 0 Å². The van der Waals surface area contributed by atoms with Crippen LogP contribution in [0.3, 0.4) is 0 Å². The van der Waals surface area contributed by atoms with Crippen molar-refractivity contribution in [1.82, 2.24) is 5.32 Å². The molecule has 1 N–H and O–H groups in total. The summed E-state index contributed by atoms with van der Waals surface area (Å²) >= 11 is 0. The summed E-state index contributed by atoms with van der Waals surface area (Å²) in [4.78, 5) is 0. The first-order valence-corrected chi connectivity index (χ1v) is 7.70. The number of hydrogen-bond acceptors (Lipinski definition) is 1. The summed E-state index contributed by atoms with van der Waals surface area (Å²) in [5.41, 5.74) is 3.28. The third-order valence-electron chi connectivity index (χ3n) is 5.42. The van der Waals surface area contributed by atoms with E-state index in [1.807, 2.05) is 0 Å². The monoisotopic (exact) mass is 241 g/mol. The van der Waals surface area contributed by atoms with Crippen LogP contribution in [-0.2, 0) is 12.8 Å². The molecule has 2 bridgehead atoms. The Kier molecular flexibility index (Phi) is 2.69. The molecule has 2 atom stereocenters. The summed E-state index contributed by atoms with van der Waals surface area (Å²) in [6.07, 6.45) is 8.45. The third kappa shape index (κ3) is 1.99. The first kappa shape index (κ1) is 11.0. The van der Waals surface area contributed by atoms with Gasteiger partial charge in [-0.05, 0) is 74.0 Å². The summed E-state index contributed by atoms with van der Waals surface area (Å²) in [6.45, 7) is 1.29. The van der Waals surface area contributed by atoms with E-state index < -0.39 is 0 Å². The van der Waals surface area contributed by atoms with Gasteiger partial charge < -0.3 is 5.32 Å². The predicted octanol–water partition coefficient (Wildman–Crippen LogP) is 3.18. The molecule has 1 heteroatoms. The molecule has 1 nitrogen and oxygen atoms in total. The summed E-state index contributed by atoms with van der Waals surface area (Å²) in [7, 11) is 0. The molecular formula is C17H23N. The van der Waals surface area contributed by atoms with E-state index in [0.29, 0.717) is 0 Å². The van der Waals surface area contributed by atoms with Gasteiger partial charge in [-0.1, -0.05) is 24.3 Å². The van der Waals surface area contributed by atoms with Gasteiger partial charge in [-0.2, -0.15) is 0 Å². The highest BCUT2D eigenvalue weighted by molar-refractivity contribution is 5.30. The fourth-order valence-corrected chi connectivity index (χ4v) is 4.19. The summed E-state index contributed by atoms with van der Waals surface area (Å²) in [5.74, 6) is 2.84. The van der Waals surface area contributed by atoms with Crippen molar-refractivity contribution in [1.29, 1.82) is 0 Å². The number of nitrogens with one attached hydrogen (secondary N) is 1. The molecule has 0 saturated heterocycles.